The molecule has 1 N–H and O–H groups in total. The highest BCUT2D eigenvalue weighted by atomic mass is 32.1. The van der Waals surface area contributed by atoms with E-state index in [2.05, 4.69) is 26.8 Å². The summed E-state index contributed by atoms with van der Waals surface area (Å²) in [5.41, 5.74) is 5.67. The number of aromatic nitrogens is 4. The van der Waals surface area contributed by atoms with Gasteiger partial charge in [0.25, 0.3) is 0 Å². The Kier molecular flexibility index (Phi) is 5.66. The summed E-state index contributed by atoms with van der Waals surface area (Å²) in [7, 11) is 0. The molecule has 0 fully saturated rings. The van der Waals surface area contributed by atoms with Crippen LogP contribution in [0.4, 0.5) is 11.6 Å². The van der Waals surface area contributed by atoms with Gasteiger partial charge < -0.3 is 10.1 Å². The van der Waals surface area contributed by atoms with Gasteiger partial charge in [-0.15, -0.1) is 11.3 Å². The number of nitrogens with one attached hydrogen (secondary N) is 1. The minimum absolute atomic E-state index is 0.532. The quantitative estimate of drug-likeness (QED) is 0.274. The highest BCUT2D eigenvalue weighted by Gasteiger charge is 2.18. The minimum Gasteiger partial charge on any atom is -0.489 e. The summed E-state index contributed by atoms with van der Waals surface area (Å²) in [4.78, 5) is 15.0. The van der Waals surface area contributed by atoms with Crippen LogP contribution >= 0.6 is 11.3 Å². The average Bonchev–Trinajstić information content (AvgIpc) is 3.51. The van der Waals surface area contributed by atoms with E-state index in [1.165, 1.54) is 0 Å². The number of rotatable bonds is 7. The normalized spacial score (nSPS) is 11.0. The average molecular weight is 476 g/mol. The van der Waals surface area contributed by atoms with Gasteiger partial charge in [-0.25, -0.2) is 15.0 Å². The number of imidazole rings is 1. The molecule has 7 heteroatoms. The Balaban J connectivity index is 1.31. The lowest BCUT2D eigenvalue weighted by molar-refractivity contribution is 0.306. The number of hydrogen-bond donors (Lipinski definition) is 1. The number of ether oxygens (including phenoxy) is 1. The summed E-state index contributed by atoms with van der Waals surface area (Å²) in [5.74, 6) is 1.35. The summed E-state index contributed by atoms with van der Waals surface area (Å²) in [6.45, 7) is 0.532. The molecular formula is C28H21N5OS. The third-order valence-corrected chi connectivity index (χ3v) is 6.32. The molecule has 0 saturated carbocycles. The van der Waals surface area contributed by atoms with Crippen molar-refractivity contribution in [1.82, 2.24) is 19.4 Å². The monoisotopic (exact) mass is 475 g/mol. The Bertz CT molecular complexity index is 1560. The molecule has 0 aliphatic rings. The van der Waals surface area contributed by atoms with Gasteiger partial charge >= 0.3 is 0 Å². The lowest BCUT2D eigenvalue weighted by Gasteiger charge is -2.09. The summed E-state index contributed by atoms with van der Waals surface area (Å²) >= 11 is 1.60. The second-order valence-corrected chi connectivity index (χ2v) is 8.79. The number of fused-ring (bicyclic) bond motifs is 1. The standard InChI is InChI=1S/C28H21N5OS/c1-3-7-20(8-4-1)19-34-23-13-11-21(12-14-23)25-26(33-17-18-35-28(33)32-25)24-15-16-29-27(31-24)30-22-9-5-2-6-10-22/h1-18H,19H2,(H,29,30,31). The Hall–Kier alpha value is -4.49. The summed E-state index contributed by atoms with van der Waals surface area (Å²) < 4.78 is 8.04. The van der Waals surface area contributed by atoms with E-state index in [9.17, 15) is 0 Å². The zero-order valence-corrected chi connectivity index (χ0v) is 19.5. The molecule has 0 amide bonds. The van der Waals surface area contributed by atoms with Gasteiger partial charge in [-0.3, -0.25) is 4.40 Å². The number of nitrogens with zero attached hydrogens (tertiary/aromatic N) is 4. The molecule has 0 spiro atoms. The number of thiazole rings is 1. The second kappa shape index (κ2) is 9.40. The molecule has 0 aliphatic carbocycles. The van der Waals surface area contributed by atoms with Gasteiger partial charge in [-0.05, 0) is 48.0 Å². The molecule has 6 aromatic rings. The molecule has 0 bridgehead atoms. The van der Waals surface area contributed by atoms with Gasteiger partial charge in [0.2, 0.25) is 5.95 Å². The SMILES string of the molecule is c1ccc(COc2ccc(-c3nc4sccn4c3-c3ccnc(Nc4ccccc4)n3)cc2)cc1. The first-order valence-electron chi connectivity index (χ1n) is 11.2. The maximum atomic E-state index is 5.96. The van der Waals surface area contributed by atoms with E-state index in [4.69, 9.17) is 14.7 Å². The molecule has 3 heterocycles. The number of benzene rings is 3. The van der Waals surface area contributed by atoms with E-state index in [-0.39, 0.29) is 0 Å². The van der Waals surface area contributed by atoms with Crippen molar-refractivity contribution in [3.63, 3.8) is 0 Å². The number of hydrogen-bond acceptors (Lipinski definition) is 6. The van der Waals surface area contributed by atoms with E-state index >= 15 is 0 Å². The van der Waals surface area contributed by atoms with Crippen LogP contribution in [0.2, 0.25) is 0 Å². The van der Waals surface area contributed by atoms with E-state index in [0.717, 1.165) is 44.6 Å². The molecule has 0 aliphatic heterocycles. The van der Waals surface area contributed by atoms with Crippen LogP contribution in [-0.4, -0.2) is 19.4 Å². The van der Waals surface area contributed by atoms with Crippen molar-refractivity contribution in [2.45, 2.75) is 6.61 Å². The largest absolute Gasteiger partial charge is 0.489 e. The van der Waals surface area contributed by atoms with Gasteiger partial charge in [0.05, 0.1) is 11.4 Å². The van der Waals surface area contributed by atoms with Gasteiger partial charge in [-0.2, -0.15) is 0 Å². The fourth-order valence-corrected chi connectivity index (χ4v) is 4.60. The van der Waals surface area contributed by atoms with E-state index in [1.807, 2.05) is 90.4 Å². The maximum absolute atomic E-state index is 5.96. The minimum atomic E-state index is 0.532. The van der Waals surface area contributed by atoms with Crippen LogP contribution in [0.1, 0.15) is 5.56 Å². The van der Waals surface area contributed by atoms with Gasteiger partial charge in [0.15, 0.2) is 4.96 Å². The van der Waals surface area contributed by atoms with E-state index < -0.39 is 0 Å². The first-order valence-corrected chi connectivity index (χ1v) is 12.1. The highest BCUT2D eigenvalue weighted by molar-refractivity contribution is 7.15. The zero-order valence-electron chi connectivity index (χ0n) is 18.7. The molecule has 3 aromatic carbocycles. The molecule has 6 rings (SSSR count). The topological polar surface area (TPSA) is 64.3 Å². The van der Waals surface area contributed by atoms with Crippen molar-refractivity contribution in [2.24, 2.45) is 0 Å². The fraction of sp³-hybridized carbons (Fsp3) is 0.0357. The van der Waals surface area contributed by atoms with Crippen LogP contribution in [0.15, 0.2) is 109 Å². The fourth-order valence-electron chi connectivity index (χ4n) is 3.88. The van der Waals surface area contributed by atoms with E-state index in [0.29, 0.717) is 12.6 Å². The van der Waals surface area contributed by atoms with Crippen molar-refractivity contribution >= 4 is 27.9 Å². The molecule has 6 nitrogen and oxygen atoms in total. The molecule has 0 radical (unpaired) electrons. The Morgan fingerprint density at radius 2 is 1.60 bits per heavy atom. The van der Waals surface area contributed by atoms with Crippen LogP contribution in [0.25, 0.3) is 27.6 Å². The van der Waals surface area contributed by atoms with Crippen LogP contribution in [0.3, 0.4) is 0 Å². The molecule has 0 atom stereocenters. The molecule has 0 unspecified atom stereocenters. The molecule has 35 heavy (non-hydrogen) atoms. The summed E-state index contributed by atoms with van der Waals surface area (Å²) in [6, 6.07) is 30.0. The van der Waals surface area contributed by atoms with Crippen molar-refractivity contribution in [1.29, 1.82) is 0 Å². The lowest BCUT2D eigenvalue weighted by atomic mass is 10.1. The predicted octanol–water partition coefficient (Wildman–Crippen LogP) is 6.84. The predicted molar refractivity (Wildman–Crippen MR) is 140 cm³/mol. The van der Waals surface area contributed by atoms with Crippen molar-refractivity contribution in [3.8, 4) is 28.4 Å². The smallest absolute Gasteiger partial charge is 0.227 e. The zero-order chi connectivity index (χ0) is 23.5. The molecule has 0 saturated heterocycles. The molecular weight excluding hydrogens is 454 g/mol. The third-order valence-electron chi connectivity index (χ3n) is 5.57. The van der Waals surface area contributed by atoms with Crippen LogP contribution < -0.4 is 10.1 Å². The van der Waals surface area contributed by atoms with Crippen molar-refractivity contribution in [3.05, 3.63) is 114 Å². The summed E-state index contributed by atoms with van der Waals surface area (Å²) in [6.07, 6.45) is 3.79. The molecule has 170 valence electrons. The number of anilines is 2. The van der Waals surface area contributed by atoms with Crippen LogP contribution in [0, 0.1) is 0 Å². The van der Waals surface area contributed by atoms with Crippen LogP contribution in [-0.2, 0) is 6.61 Å². The van der Waals surface area contributed by atoms with Gasteiger partial charge in [0.1, 0.15) is 18.1 Å². The number of para-hydroxylation sites is 1. The van der Waals surface area contributed by atoms with Crippen molar-refractivity contribution in [2.75, 3.05) is 5.32 Å². The van der Waals surface area contributed by atoms with Crippen molar-refractivity contribution < 1.29 is 4.74 Å². The van der Waals surface area contributed by atoms with Gasteiger partial charge in [0, 0.05) is 29.0 Å². The Morgan fingerprint density at radius 1 is 0.829 bits per heavy atom. The van der Waals surface area contributed by atoms with E-state index in [1.54, 1.807) is 17.5 Å². The first-order chi connectivity index (χ1) is 17.3. The second-order valence-electron chi connectivity index (χ2n) is 7.92. The third kappa shape index (κ3) is 4.49. The van der Waals surface area contributed by atoms with Crippen LogP contribution in [0.5, 0.6) is 5.75 Å². The Labute approximate surface area is 206 Å². The lowest BCUT2D eigenvalue weighted by Crippen LogP contribution is -1.99. The molecule has 3 aromatic heterocycles. The summed E-state index contributed by atoms with van der Waals surface area (Å²) in [5, 5.41) is 5.30. The first kappa shape index (κ1) is 21.1. The highest BCUT2D eigenvalue weighted by Crippen LogP contribution is 2.34. The van der Waals surface area contributed by atoms with Gasteiger partial charge in [-0.1, -0.05) is 48.5 Å². The Morgan fingerprint density at radius 3 is 2.40 bits per heavy atom. The maximum Gasteiger partial charge on any atom is 0.227 e.